The highest BCUT2D eigenvalue weighted by molar-refractivity contribution is 8.03. The van der Waals surface area contributed by atoms with Crippen molar-refractivity contribution in [3.05, 3.63) is 131 Å². The summed E-state index contributed by atoms with van der Waals surface area (Å²) in [5, 5.41) is 175. The summed E-state index contributed by atoms with van der Waals surface area (Å²) in [6.45, 7) is 12.2. The van der Waals surface area contributed by atoms with E-state index in [2.05, 4.69) is 0 Å². The number of hydrogen-bond donors (Lipinski definition) is 16. The molecule has 0 aromatic rings. The second-order valence-electron chi connectivity index (χ2n) is 30.0. The molecular formula is C82H130O23S. The monoisotopic (exact) mass is 1510 g/mol. The van der Waals surface area contributed by atoms with Gasteiger partial charge in [0.25, 0.3) is 0 Å². The average molecular weight is 1520 g/mol. The lowest BCUT2D eigenvalue weighted by Gasteiger charge is -2.46. The predicted octanol–water partition coefficient (Wildman–Crippen LogP) is 8.03. The van der Waals surface area contributed by atoms with Crippen molar-refractivity contribution in [2.24, 2.45) is 35.5 Å². The number of ether oxygens (including phenoxy) is 3. The van der Waals surface area contributed by atoms with Crippen molar-refractivity contribution in [2.45, 2.75) is 306 Å². The Labute approximate surface area is 633 Å². The number of Topliss-reactive ketones (excluding diaryl/α,β-unsaturated/α-hetero) is 2. The number of allylic oxidation sites excluding steroid dienone is 14. The summed E-state index contributed by atoms with van der Waals surface area (Å²) in [4.78, 5) is 52.3. The standard InChI is InChI=1S/C82H130O23S/c1-51(36-39-74(103-8)76-79(101)71(95)48-72(96)81(76)106-9)26-23-24-35-68-46-67(92)44-63(88)32-20-15-11-13-18-30-59(84)40-58(83)29-17-12-10-14-19-31-60(85)41-65(90)42-61(86)33-21-16-22-34-62(87)43-66(91)45-64(89)38-37-52(2)69(93)47-70(94)55(5)77(99)53(3)27-25-28-54(4)78(100)57(7)80-56(6)73(97)49-82(102,105-80)50-75(98)104-68/h10,12,14,16-17,19,21-28,31,34-35,48,51-52,54-64,66-70,73-74,77-78,80,83-89,91-95,97,99-100,102H,11,13,15,18,20,29-30,32-33,36-47,49-50H2,1-9H3/b14-10+,17-12+,21-16+,26-23+,28-25-,31-19+,34-22+,35-24+,53-27+/t51-,52+,54-,55-,56+,57-,58+,59-,60+,61+,62+,63+,64-,66-,67+,68-,69-,70-,73+,74-,77-,78+,80-,82+/m0/s1. The molecule has 2 aliphatic heterocycles. The Morgan fingerprint density at radius 3 is 1.84 bits per heavy atom. The fraction of sp³-hybridized carbons (Fsp3) is 0.683. The van der Waals surface area contributed by atoms with Crippen LogP contribution in [0.1, 0.15) is 196 Å². The van der Waals surface area contributed by atoms with E-state index in [9.17, 15) is 101 Å². The Morgan fingerprint density at radius 1 is 0.604 bits per heavy atom. The molecule has 1 aliphatic carbocycles. The number of aliphatic hydroxyl groups is 16. The lowest BCUT2D eigenvalue weighted by atomic mass is 9.78. The molecule has 106 heavy (non-hydrogen) atoms. The molecule has 0 radical (unpaired) electrons. The molecule has 3 rings (SSSR count). The van der Waals surface area contributed by atoms with Gasteiger partial charge in [-0.05, 0) is 114 Å². The maximum atomic E-state index is 14.0. The second kappa shape index (κ2) is 50.8. The minimum absolute atomic E-state index is 0.0382. The van der Waals surface area contributed by atoms with Crippen molar-refractivity contribution in [3.8, 4) is 0 Å². The van der Waals surface area contributed by atoms with E-state index in [-0.39, 0.29) is 98.7 Å². The first kappa shape index (κ1) is 95.3. The second-order valence-corrected chi connectivity index (χ2v) is 30.8. The number of thioether (sulfide) groups is 1. The Morgan fingerprint density at radius 2 is 1.19 bits per heavy atom. The number of ketones is 3. The summed E-state index contributed by atoms with van der Waals surface area (Å²) in [5.41, 5.74) is 0.580. The van der Waals surface area contributed by atoms with Crippen LogP contribution in [0.2, 0.25) is 0 Å². The van der Waals surface area contributed by atoms with Crippen LogP contribution >= 0.6 is 11.8 Å². The molecule has 2 heterocycles. The fourth-order valence-corrected chi connectivity index (χ4v) is 14.2. The third-order valence-electron chi connectivity index (χ3n) is 20.4. The van der Waals surface area contributed by atoms with Gasteiger partial charge in [-0.15, -0.1) is 11.8 Å². The smallest absolute Gasteiger partial charge is 0.311 e. The minimum atomic E-state index is -2.25. The van der Waals surface area contributed by atoms with Gasteiger partial charge in [-0.1, -0.05) is 171 Å². The van der Waals surface area contributed by atoms with E-state index in [1.807, 2.05) is 13.0 Å². The van der Waals surface area contributed by atoms with E-state index in [0.717, 1.165) is 43.5 Å². The molecule has 0 saturated carbocycles. The van der Waals surface area contributed by atoms with Crippen LogP contribution in [0, 0.1) is 35.5 Å². The van der Waals surface area contributed by atoms with Gasteiger partial charge >= 0.3 is 5.97 Å². The Bertz CT molecular complexity index is 2950. The quantitative estimate of drug-likeness (QED) is 0.0590. The highest BCUT2D eigenvalue weighted by atomic mass is 32.2. The molecule has 2 bridgehead atoms. The number of esters is 1. The van der Waals surface area contributed by atoms with Crippen LogP contribution in [0.4, 0.5) is 0 Å². The summed E-state index contributed by atoms with van der Waals surface area (Å²) in [7, 11) is 1.42. The van der Waals surface area contributed by atoms with Gasteiger partial charge in [-0.3, -0.25) is 19.2 Å². The number of hydrogen-bond acceptors (Lipinski definition) is 24. The molecule has 0 unspecified atom stereocenters. The molecular weight excluding hydrogens is 1380 g/mol. The molecule has 23 nitrogen and oxygen atoms in total. The molecule has 0 aromatic carbocycles. The van der Waals surface area contributed by atoms with Crippen molar-refractivity contribution in [3.63, 3.8) is 0 Å². The van der Waals surface area contributed by atoms with Gasteiger partial charge < -0.3 is 95.9 Å². The maximum Gasteiger partial charge on any atom is 0.311 e. The van der Waals surface area contributed by atoms with Crippen LogP contribution in [0.25, 0.3) is 0 Å². The van der Waals surface area contributed by atoms with Gasteiger partial charge in [-0.2, -0.15) is 0 Å². The number of carbonyl (C=O) groups is 4. The van der Waals surface area contributed by atoms with Crippen molar-refractivity contribution >= 4 is 35.1 Å². The Hall–Kier alpha value is -4.91. The topological polar surface area (TPSA) is 420 Å². The third kappa shape index (κ3) is 36.7. The summed E-state index contributed by atoms with van der Waals surface area (Å²) in [5.74, 6) is -8.41. The molecule has 1 fully saturated rings. The molecule has 0 aromatic heterocycles. The largest absolute Gasteiger partial charge is 0.504 e. The van der Waals surface area contributed by atoms with Crippen molar-refractivity contribution < 1.29 is 115 Å². The van der Waals surface area contributed by atoms with Crippen LogP contribution in [0.5, 0.6) is 0 Å². The predicted molar refractivity (Wildman–Crippen MR) is 409 cm³/mol. The fourth-order valence-electron chi connectivity index (χ4n) is 13.5. The van der Waals surface area contributed by atoms with Crippen LogP contribution < -0.4 is 0 Å². The number of fused-ring (bicyclic) bond motifs is 2. The van der Waals surface area contributed by atoms with Crippen LogP contribution in [-0.4, -0.2) is 228 Å². The van der Waals surface area contributed by atoms with Gasteiger partial charge in [0.2, 0.25) is 5.78 Å². The maximum absolute atomic E-state index is 14.0. The van der Waals surface area contributed by atoms with Crippen LogP contribution in [0.3, 0.4) is 0 Å². The molecule has 24 atom stereocenters. The summed E-state index contributed by atoms with van der Waals surface area (Å²) < 4.78 is 17.8. The Kier molecular flexibility index (Phi) is 45.7. The molecule has 0 spiro atoms. The van der Waals surface area contributed by atoms with E-state index >= 15 is 0 Å². The van der Waals surface area contributed by atoms with Gasteiger partial charge in [0, 0.05) is 74.5 Å². The lowest BCUT2D eigenvalue weighted by molar-refractivity contribution is -0.302. The minimum Gasteiger partial charge on any atom is -0.504 e. The molecule has 24 heteroatoms. The Balaban J connectivity index is 1.78. The normalized spacial score (nSPS) is 38.3. The number of methoxy groups -OCH3 is 1. The molecule has 602 valence electrons. The first-order chi connectivity index (χ1) is 50.1. The van der Waals surface area contributed by atoms with E-state index in [1.54, 1.807) is 127 Å². The molecule has 3 aliphatic rings. The number of rotatable bonds is 9. The van der Waals surface area contributed by atoms with Crippen LogP contribution in [-0.2, 0) is 33.4 Å². The summed E-state index contributed by atoms with van der Waals surface area (Å²) in [6.07, 6.45) is 18.1. The highest BCUT2D eigenvalue weighted by Gasteiger charge is 2.49. The average Bonchev–Trinajstić information content (AvgIpc) is 0.791. The SMILES string of the molecule is CO[C@@H](CC[C@@H](C)/C=C/C=C/[C@H]1C[C@H](O)C[C@H](O)CCCCCCC[C@H](O)C[C@H](O)C/C=C/C=C/C=C/[C@@H](O)CC(=O)C[C@H](O)C/C=C/C=C/[C@@H](O)C[C@H](O)C[C@@H](O)CC[C@@H](C)[C@@H](O)C[C@H](O)[C@H](C)[C@@H](O)/C(C)=C/C=C\[C@H](C)[C@@H](O)[C@H](C)[C@H]2O[C@@](O)(CC(=O)O1)C[C@@H](O)[C@H]2C)C1=C(SC)C(=O)C=C(O)C1=O. The van der Waals surface area contributed by atoms with Crippen molar-refractivity contribution in [2.75, 3.05) is 13.4 Å². The highest BCUT2D eigenvalue weighted by Crippen LogP contribution is 2.39. The molecule has 16 N–H and O–H groups in total. The number of cyclic esters (lactones) is 1. The third-order valence-corrected chi connectivity index (χ3v) is 21.2. The summed E-state index contributed by atoms with van der Waals surface area (Å²) >= 11 is 1.10. The first-order valence-corrected chi connectivity index (χ1v) is 39.3. The van der Waals surface area contributed by atoms with E-state index in [4.69, 9.17) is 14.2 Å². The summed E-state index contributed by atoms with van der Waals surface area (Å²) in [6, 6.07) is 0. The van der Waals surface area contributed by atoms with Crippen molar-refractivity contribution in [1.29, 1.82) is 0 Å². The number of carbonyl (C=O) groups excluding carboxylic acids is 4. The lowest BCUT2D eigenvalue weighted by Crippen LogP contribution is -2.55. The van der Waals surface area contributed by atoms with Crippen LogP contribution in [0.15, 0.2) is 131 Å². The van der Waals surface area contributed by atoms with Gasteiger partial charge in [0.15, 0.2) is 17.3 Å². The zero-order valence-corrected chi connectivity index (χ0v) is 64.7. The van der Waals surface area contributed by atoms with Gasteiger partial charge in [-0.25, -0.2) is 0 Å². The zero-order chi connectivity index (χ0) is 79.2. The van der Waals surface area contributed by atoms with E-state index < -0.39 is 163 Å². The van der Waals surface area contributed by atoms with E-state index in [0.29, 0.717) is 50.5 Å². The molecule has 0 amide bonds. The van der Waals surface area contributed by atoms with Gasteiger partial charge in [0.1, 0.15) is 11.9 Å². The van der Waals surface area contributed by atoms with E-state index in [1.165, 1.54) is 25.3 Å². The first-order valence-electron chi connectivity index (χ1n) is 38.1. The van der Waals surface area contributed by atoms with Gasteiger partial charge in [0.05, 0.1) is 109 Å². The van der Waals surface area contributed by atoms with Crippen molar-refractivity contribution in [1.82, 2.24) is 0 Å². The molecule has 1 saturated heterocycles. The number of aliphatic hydroxyl groups excluding tert-OH is 15. The zero-order valence-electron chi connectivity index (χ0n) is 63.9.